The van der Waals surface area contributed by atoms with Gasteiger partial charge in [0.25, 0.3) is 6.09 Å². The predicted octanol–water partition coefficient (Wildman–Crippen LogP) is 3.83. The molecule has 3 fully saturated rings. The number of likely N-dealkylation sites (N-methyl/N-ethyl adjacent to an activating group) is 1. The van der Waals surface area contributed by atoms with Crippen molar-refractivity contribution in [3.8, 4) is 5.75 Å². The van der Waals surface area contributed by atoms with E-state index in [0.29, 0.717) is 59.4 Å². The molecule has 4 aliphatic rings. The van der Waals surface area contributed by atoms with Gasteiger partial charge in [-0.1, -0.05) is 18.2 Å². The summed E-state index contributed by atoms with van der Waals surface area (Å²) in [5, 5.41) is 27.2. The van der Waals surface area contributed by atoms with Crippen molar-refractivity contribution in [2.75, 3.05) is 64.7 Å². The number of aldehydes is 1. The molecule has 13 heteroatoms. The molecule has 6 rings (SSSR count). The van der Waals surface area contributed by atoms with E-state index >= 15 is 0 Å². The number of carbonyl (C=O) groups is 3. The Hall–Kier alpha value is -2.55. The van der Waals surface area contributed by atoms with E-state index in [0.717, 1.165) is 56.6 Å². The fourth-order valence-corrected chi connectivity index (χ4v) is 9.84. The van der Waals surface area contributed by atoms with Gasteiger partial charge in [-0.25, -0.2) is 4.79 Å². The highest BCUT2D eigenvalue weighted by atomic mass is 79.9. The second-order valence-electron chi connectivity index (χ2n) is 13.6. The number of carbonyl (C=O) groups excluding carboxylic acids is 3. The average molecular weight is 777 g/mol. The summed E-state index contributed by atoms with van der Waals surface area (Å²) < 4.78 is 0.437. The van der Waals surface area contributed by atoms with Gasteiger partial charge in [0, 0.05) is 82.0 Å². The lowest BCUT2D eigenvalue weighted by atomic mass is 9.81. The van der Waals surface area contributed by atoms with Gasteiger partial charge < -0.3 is 34.9 Å². The number of nitrogens with one attached hydrogen (secondary N) is 1. The molecule has 254 valence electrons. The number of rotatable bonds is 7. The lowest BCUT2D eigenvalue weighted by molar-refractivity contribution is -0.956. The van der Waals surface area contributed by atoms with E-state index in [9.17, 15) is 24.6 Å². The zero-order chi connectivity index (χ0) is 33.3. The highest BCUT2D eigenvalue weighted by Crippen LogP contribution is 2.46. The number of phenolic OH excluding ortho intramolecular Hbond substituents is 1. The van der Waals surface area contributed by atoms with Gasteiger partial charge in [0.2, 0.25) is 0 Å². The smallest absolute Gasteiger partial charge is 0.322 e. The first-order chi connectivity index (χ1) is 22.6. The molecule has 4 heterocycles. The lowest BCUT2D eigenvalue weighted by Gasteiger charge is -2.62. The summed E-state index contributed by atoms with van der Waals surface area (Å²) in [4.78, 5) is 49.1. The summed E-state index contributed by atoms with van der Waals surface area (Å²) in [6.45, 7) is 6.12. The number of piperazine rings is 1. The topological polar surface area (TPSA) is 119 Å². The number of likely N-dealkylation sites (tertiary alicyclic amines) is 2. The molecule has 11 nitrogen and oxygen atoms in total. The van der Waals surface area contributed by atoms with Gasteiger partial charge in [0.05, 0.1) is 21.9 Å². The fraction of sp³-hybridized carbons (Fsp3) is 0.559. The van der Waals surface area contributed by atoms with Crippen molar-refractivity contribution in [2.45, 2.75) is 62.8 Å². The quantitative estimate of drug-likeness (QED) is 0.322. The maximum Gasteiger partial charge on any atom is 0.322 e. The summed E-state index contributed by atoms with van der Waals surface area (Å²) in [7, 11) is 2.15. The number of fused-ring (bicyclic) bond motifs is 1. The van der Waals surface area contributed by atoms with Gasteiger partial charge in [0.1, 0.15) is 18.6 Å². The van der Waals surface area contributed by atoms with Crippen molar-refractivity contribution in [3.05, 3.63) is 56.5 Å². The third kappa shape index (κ3) is 6.59. The number of piperidine rings is 2. The minimum atomic E-state index is -1.24. The summed E-state index contributed by atoms with van der Waals surface area (Å²) in [5.41, 5.74) is 1.40. The molecule has 0 spiro atoms. The number of aromatic hydroxyl groups is 1. The molecule has 3 amide bonds. The van der Waals surface area contributed by atoms with E-state index in [1.54, 1.807) is 12.1 Å². The first-order valence-electron chi connectivity index (χ1n) is 16.6. The normalized spacial score (nSPS) is 28.4. The van der Waals surface area contributed by atoms with Crippen molar-refractivity contribution in [3.63, 3.8) is 0 Å². The molecule has 0 saturated carbocycles. The van der Waals surface area contributed by atoms with Crippen LogP contribution in [0.4, 0.5) is 15.3 Å². The van der Waals surface area contributed by atoms with Crippen molar-refractivity contribution >= 4 is 56.0 Å². The van der Waals surface area contributed by atoms with E-state index in [2.05, 4.69) is 58.9 Å². The molecule has 47 heavy (non-hydrogen) atoms. The molecule has 0 bridgehead atoms. The Morgan fingerprint density at radius 2 is 1.72 bits per heavy atom. The van der Waals surface area contributed by atoms with Crippen LogP contribution in [0.1, 0.15) is 43.2 Å². The molecule has 4 aliphatic heterocycles. The van der Waals surface area contributed by atoms with Crippen LogP contribution in [0.25, 0.3) is 0 Å². The molecule has 0 aliphatic carbocycles. The summed E-state index contributed by atoms with van der Waals surface area (Å²) in [5.74, 6) is 0.0331. The number of hydrogen-bond acceptors (Lipinski definition) is 8. The van der Waals surface area contributed by atoms with Crippen LogP contribution in [0.2, 0.25) is 0 Å². The van der Waals surface area contributed by atoms with Crippen LogP contribution in [-0.4, -0.2) is 125 Å². The highest BCUT2D eigenvalue weighted by molar-refractivity contribution is 9.11. The average Bonchev–Trinajstić information content (AvgIpc) is 3.23. The number of anilines is 1. The Labute approximate surface area is 293 Å². The number of benzene rings is 2. The first-order valence-corrected chi connectivity index (χ1v) is 18.2. The third-order valence-corrected chi connectivity index (χ3v) is 12.4. The second kappa shape index (κ2) is 14.1. The van der Waals surface area contributed by atoms with Crippen LogP contribution < -0.4 is 10.4 Å². The van der Waals surface area contributed by atoms with Crippen molar-refractivity contribution in [2.24, 2.45) is 0 Å². The lowest BCUT2D eigenvalue weighted by Crippen LogP contribution is -2.80. The van der Waals surface area contributed by atoms with Gasteiger partial charge in [-0.15, -0.1) is 0 Å². The van der Waals surface area contributed by atoms with Crippen LogP contribution in [0.3, 0.4) is 0 Å². The molecule has 3 atom stereocenters. The van der Waals surface area contributed by atoms with Crippen molar-refractivity contribution in [1.82, 2.24) is 19.6 Å². The van der Waals surface area contributed by atoms with Gasteiger partial charge in [-0.3, -0.25) is 14.3 Å². The van der Waals surface area contributed by atoms with E-state index < -0.39 is 16.2 Å². The van der Waals surface area contributed by atoms with Gasteiger partial charge in [-0.05, 0) is 81.9 Å². The highest BCUT2D eigenvalue weighted by Gasteiger charge is 2.61. The molecule has 2 N–H and O–H groups in total. The molecular weight excluding hydrogens is 732 g/mol. The molecule has 0 radical (unpaired) electrons. The minimum absolute atomic E-state index is 0.00718. The molecule has 2 unspecified atom stereocenters. The monoisotopic (exact) mass is 774 g/mol. The Morgan fingerprint density at radius 3 is 2.38 bits per heavy atom. The maximum absolute atomic E-state index is 13.7. The van der Waals surface area contributed by atoms with Gasteiger partial charge in [-0.2, -0.15) is 0 Å². The standard InChI is InChI=1S/C34H44Br2N6O5/c1-38-14-16-39(17-15-38)26-7-11-40(12-8-26)34(10-19-43)22-27(41-13-6-25-4-2-3-5-30(25)37-32(41)45)9-18-42(34,33(46)47)23-24-20-28(35)31(44)29(36)21-24/h2-5,19-21,26-27H,6-18,22-23H2,1H3,(H2-,37,44,45,46,47)/t27?,34?,42-/m0/s1. The number of urea groups is 1. The zero-order valence-electron chi connectivity index (χ0n) is 26.9. The molecule has 3 saturated heterocycles. The Balaban J connectivity index is 1.36. The fourth-order valence-electron chi connectivity index (χ4n) is 8.56. The Morgan fingerprint density at radius 1 is 1.04 bits per heavy atom. The van der Waals surface area contributed by atoms with Crippen LogP contribution in [-0.2, 0) is 17.8 Å². The maximum atomic E-state index is 13.7. The Kier molecular flexibility index (Phi) is 10.3. The summed E-state index contributed by atoms with van der Waals surface area (Å²) >= 11 is 6.83. The van der Waals surface area contributed by atoms with Crippen LogP contribution in [0, 0.1) is 0 Å². The largest absolute Gasteiger partial charge is 0.506 e. The van der Waals surface area contributed by atoms with E-state index in [1.165, 1.54) is 0 Å². The minimum Gasteiger partial charge on any atom is -0.506 e. The summed E-state index contributed by atoms with van der Waals surface area (Å²) in [6, 6.07) is 11.2. The molecule has 2 aromatic carbocycles. The van der Waals surface area contributed by atoms with Crippen LogP contribution in [0.15, 0.2) is 45.3 Å². The SMILES string of the molecule is CN1CCN(C2CCN(C3(CC=O)CC(N4CCc5ccccc5NC4=O)CC[N@+]3(Cc3cc(Br)c(O)c(Br)c3)C(=O)[O-])CC2)CC1. The van der Waals surface area contributed by atoms with E-state index in [-0.39, 0.29) is 37.3 Å². The predicted molar refractivity (Wildman–Crippen MR) is 184 cm³/mol. The number of carboxylic acid groups (broad SMARTS) is 1. The first kappa shape index (κ1) is 34.3. The number of phenols is 1. The number of halogens is 2. The Bertz CT molecular complexity index is 1470. The van der Waals surface area contributed by atoms with E-state index in [1.807, 2.05) is 29.2 Å². The number of hydrogen-bond donors (Lipinski definition) is 2. The van der Waals surface area contributed by atoms with Gasteiger partial charge in [0.15, 0.2) is 5.66 Å². The zero-order valence-corrected chi connectivity index (χ0v) is 30.0. The third-order valence-electron chi connectivity index (χ3n) is 11.2. The molecule has 0 aromatic heterocycles. The van der Waals surface area contributed by atoms with Crippen molar-refractivity contribution in [1.29, 1.82) is 0 Å². The summed E-state index contributed by atoms with van der Waals surface area (Å²) in [6.07, 6.45) is 2.80. The van der Waals surface area contributed by atoms with Crippen LogP contribution >= 0.6 is 31.9 Å². The molecular formula is C34H44Br2N6O5. The van der Waals surface area contributed by atoms with Gasteiger partial charge >= 0.3 is 6.03 Å². The number of quaternary nitrogens is 1. The molecule has 2 aromatic rings. The number of amides is 3. The van der Waals surface area contributed by atoms with Crippen LogP contribution in [0.5, 0.6) is 5.75 Å². The number of para-hydroxylation sites is 1. The van der Waals surface area contributed by atoms with E-state index in [4.69, 9.17) is 0 Å². The second-order valence-corrected chi connectivity index (χ2v) is 15.3. The number of nitrogens with zero attached hydrogens (tertiary/aromatic N) is 5. The van der Waals surface area contributed by atoms with Crippen molar-refractivity contribution < 1.29 is 29.1 Å².